The lowest BCUT2D eigenvalue weighted by Crippen LogP contribution is -2.23. The number of ether oxygens (including phenoxy) is 2. The first-order valence-electron chi connectivity index (χ1n) is 4.81. The number of rotatable bonds is 5. The van der Waals surface area contributed by atoms with E-state index in [1.165, 1.54) is 19.5 Å². The summed E-state index contributed by atoms with van der Waals surface area (Å²) in [6, 6.07) is 0.939. The molecule has 2 N–H and O–H groups in total. The van der Waals surface area contributed by atoms with Crippen molar-refractivity contribution in [2.45, 2.75) is 12.2 Å². The second-order valence-corrected chi connectivity index (χ2v) is 3.39. The highest BCUT2D eigenvalue weighted by Crippen LogP contribution is 2.18. The minimum absolute atomic E-state index is 0.228. The highest BCUT2D eigenvalue weighted by molar-refractivity contribution is 5.25. The Morgan fingerprint density at radius 1 is 1.41 bits per heavy atom. The number of halogens is 3. The zero-order valence-corrected chi connectivity index (χ0v) is 9.20. The largest absolute Gasteiger partial charge is 0.495 e. The first kappa shape index (κ1) is 13.7. The highest BCUT2D eigenvalue weighted by atomic mass is 19.4. The molecule has 0 saturated heterocycles. The fourth-order valence-electron chi connectivity index (χ4n) is 1.15. The van der Waals surface area contributed by atoms with Crippen molar-refractivity contribution >= 4 is 0 Å². The average Bonchev–Trinajstić information content (AvgIpc) is 2.27. The van der Waals surface area contributed by atoms with Crippen molar-refractivity contribution in [3.8, 4) is 5.75 Å². The van der Waals surface area contributed by atoms with Crippen LogP contribution in [0.4, 0.5) is 13.2 Å². The molecular formula is C10H13F3N2O2. The normalized spacial score (nSPS) is 13.5. The number of aromatic nitrogens is 1. The number of pyridine rings is 1. The Labute approximate surface area is 96.5 Å². The van der Waals surface area contributed by atoms with E-state index in [-0.39, 0.29) is 6.61 Å². The first-order valence-corrected chi connectivity index (χ1v) is 4.81. The molecule has 1 rings (SSSR count). The molecule has 0 bridgehead atoms. The summed E-state index contributed by atoms with van der Waals surface area (Å²) in [7, 11) is 1.46. The summed E-state index contributed by atoms with van der Waals surface area (Å²) in [5, 5.41) is 0. The van der Waals surface area contributed by atoms with Crippen LogP contribution in [-0.4, -0.2) is 31.5 Å². The smallest absolute Gasteiger partial charge is 0.411 e. The molecule has 0 aromatic carbocycles. The third-order valence-corrected chi connectivity index (χ3v) is 1.96. The summed E-state index contributed by atoms with van der Waals surface area (Å²) >= 11 is 0. The summed E-state index contributed by atoms with van der Waals surface area (Å²) in [5.41, 5.74) is 6.22. The minimum atomic E-state index is -4.34. The molecule has 1 atom stereocenters. The molecule has 1 aromatic rings. The Morgan fingerprint density at radius 2 is 2.12 bits per heavy atom. The van der Waals surface area contributed by atoms with Gasteiger partial charge in [0.25, 0.3) is 0 Å². The summed E-state index contributed by atoms with van der Waals surface area (Å²) in [4.78, 5) is 3.85. The number of methoxy groups -OCH3 is 1. The number of hydrogen-bond acceptors (Lipinski definition) is 4. The number of hydrogen-bond donors (Lipinski definition) is 1. The molecule has 0 aliphatic heterocycles. The summed E-state index contributed by atoms with van der Waals surface area (Å²) < 4.78 is 44.9. The minimum Gasteiger partial charge on any atom is -0.495 e. The van der Waals surface area contributed by atoms with E-state index in [0.717, 1.165) is 0 Å². The fourth-order valence-corrected chi connectivity index (χ4v) is 1.15. The molecule has 0 aliphatic carbocycles. The molecule has 0 radical (unpaired) electrons. The second kappa shape index (κ2) is 5.83. The molecule has 7 heteroatoms. The third-order valence-electron chi connectivity index (χ3n) is 1.96. The van der Waals surface area contributed by atoms with Gasteiger partial charge in [0.2, 0.25) is 0 Å². The van der Waals surface area contributed by atoms with Crippen molar-refractivity contribution in [2.24, 2.45) is 5.73 Å². The van der Waals surface area contributed by atoms with Gasteiger partial charge in [-0.2, -0.15) is 13.2 Å². The number of nitrogens with two attached hydrogens (primary N) is 1. The van der Waals surface area contributed by atoms with Crippen molar-refractivity contribution in [3.05, 3.63) is 24.0 Å². The SMILES string of the molecule is COc1cncc(C(N)COCC(F)(F)F)c1. The average molecular weight is 250 g/mol. The van der Waals surface area contributed by atoms with E-state index in [0.29, 0.717) is 11.3 Å². The lowest BCUT2D eigenvalue weighted by molar-refractivity contribution is -0.174. The van der Waals surface area contributed by atoms with Crippen LogP contribution in [0, 0.1) is 0 Å². The van der Waals surface area contributed by atoms with Gasteiger partial charge in [0.05, 0.1) is 26.0 Å². The highest BCUT2D eigenvalue weighted by Gasteiger charge is 2.27. The van der Waals surface area contributed by atoms with Crippen LogP contribution >= 0.6 is 0 Å². The first-order chi connectivity index (χ1) is 7.92. The van der Waals surface area contributed by atoms with Gasteiger partial charge >= 0.3 is 6.18 Å². The molecule has 0 spiro atoms. The molecule has 0 saturated carbocycles. The predicted octanol–water partition coefficient (Wildman–Crippen LogP) is 1.67. The lowest BCUT2D eigenvalue weighted by Gasteiger charge is -2.14. The number of nitrogens with zero attached hydrogens (tertiary/aromatic N) is 1. The quantitative estimate of drug-likeness (QED) is 0.863. The van der Waals surface area contributed by atoms with E-state index in [2.05, 4.69) is 9.72 Å². The van der Waals surface area contributed by atoms with Gasteiger partial charge in [0.1, 0.15) is 12.4 Å². The molecule has 0 amide bonds. The fraction of sp³-hybridized carbons (Fsp3) is 0.500. The van der Waals surface area contributed by atoms with E-state index in [1.807, 2.05) is 0 Å². The van der Waals surface area contributed by atoms with Gasteiger partial charge in [-0.15, -0.1) is 0 Å². The van der Waals surface area contributed by atoms with E-state index in [1.54, 1.807) is 6.07 Å². The van der Waals surface area contributed by atoms with E-state index in [4.69, 9.17) is 10.5 Å². The van der Waals surface area contributed by atoms with Gasteiger partial charge in [-0.25, -0.2) is 0 Å². The zero-order chi connectivity index (χ0) is 12.9. The number of alkyl halides is 3. The van der Waals surface area contributed by atoms with Gasteiger partial charge in [0, 0.05) is 6.20 Å². The second-order valence-electron chi connectivity index (χ2n) is 3.39. The van der Waals surface area contributed by atoms with Gasteiger partial charge in [0.15, 0.2) is 0 Å². The molecule has 0 fully saturated rings. The standard InChI is InChI=1S/C10H13F3N2O2/c1-16-8-2-7(3-15-4-8)9(14)5-17-6-10(11,12)13/h2-4,9H,5-6,14H2,1H3. The maximum atomic E-state index is 11.8. The Hall–Kier alpha value is -1.34. The summed E-state index contributed by atoms with van der Waals surface area (Å²) in [6.45, 7) is -1.54. The van der Waals surface area contributed by atoms with Crippen molar-refractivity contribution in [1.29, 1.82) is 0 Å². The van der Waals surface area contributed by atoms with Gasteiger partial charge in [-0.1, -0.05) is 0 Å². The van der Waals surface area contributed by atoms with Crippen molar-refractivity contribution in [2.75, 3.05) is 20.3 Å². The summed E-state index contributed by atoms with van der Waals surface area (Å²) in [5.74, 6) is 0.494. The maximum Gasteiger partial charge on any atom is 0.411 e. The molecule has 96 valence electrons. The molecule has 1 aromatic heterocycles. The van der Waals surface area contributed by atoms with Crippen molar-refractivity contribution in [1.82, 2.24) is 4.98 Å². The van der Waals surface area contributed by atoms with Crippen LogP contribution in [0.1, 0.15) is 11.6 Å². The predicted molar refractivity (Wildman–Crippen MR) is 54.6 cm³/mol. The Bertz CT molecular complexity index is 358. The molecular weight excluding hydrogens is 237 g/mol. The van der Waals surface area contributed by atoms with Crippen LogP contribution in [0.15, 0.2) is 18.5 Å². The molecule has 1 heterocycles. The van der Waals surface area contributed by atoms with Crippen molar-refractivity contribution < 1.29 is 22.6 Å². The zero-order valence-electron chi connectivity index (χ0n) is 9.20. The topological polar surface area (TPSA) is 57.4 Å². The van der Waals surface area contributed by atoms with E-state index < -0.39 is 18.8 Å². The van der Waals surface area contributed by atoms with E-state index in [9.17, 15) is 13.2 Å². The Balaban J connectivity index is 2.49. The summed E-state index contributed by atoms with van der Waals surface area (Å²) in [6.07, 6.45) is -1.40. The van der Waals surface area contributed by atoms with Crippen LogP contribution < -0.4 is 10.5 Å². The van der Waals surface area contributed by atoms with Gasteiger partial charge < -0.3 is 15.2 Å². The molecule has 1 unspecified atom stereocenters. The Kier molecular flexibility index (Phi) is 4.71. The molecule has 4 nitrogen and oxygen atoms in total. The van der Waals surface area contributed by atoms with Gasteiger partial charge in [-0.3, -0.25) is 4.98 Å². The van der Waals surface area contributed by atoms with Gasteiger partial charge in [-0.05, 0) is 11.6 Å². The van der Waals surface area contributed by atoms with Crippen LogP contribution in [0.2, 0.25) is 0 Å². The Morgan fingerprint density at radius 3 is 2.71 bits per heavy atom. The van der Waals surface area contributed by atoms with Crippen LogP contribution in [-0.2, 0) is 4.74 Å². The van der Waals surface area contributed by atoms with Crippen LogP contribution in [0.25, 0.3) is 0 Å². The lowest BCUT2D eigenvalue weighted by atomic mass is 10.1. The molecule has 0 aliphatic rings. The van der Waals surface area contributed by atoms with Crippen LogP contribution in [0.5, 0.6) is 5.75 Å². The van der Waals surface area contributed by atoms with E-state index >= 15 is 0 Å². The monoisotopic (exact) mass is 250 g/mol. The van der Waals surface area contributed by atoms with Crippen molar-refractivity contribution in [3.63, 3.8) is 0 Å². The molecule has 17 heavy (non-hydrogen) atoms. The third kappa shape index (κ3) is 5.01. The van der Waals surface area contributed by atoms with Crippen LogP contribution in [0.3, 0.4) is 0 Å². The maximum absolute atomic E-state index is 11.8.